The molecule has 1 heterocycles. The minimum Gasteiger partial charge on any atom is -0.458 e. The maximum Gasteiger partial charge on any atom is 0.155 e. The van der Waals surface area contributed by atoms with Crippen molar-refractivity contribution in [1.29, 1.82) is 0 Å². The van der Waals surface area contributed by atoms with Crippen LogP contribution in [-0.4, -0.2) is 62.4 Å². The molecule has 0 aliphatic carbocycles. The molecular formula is C12H25N6OP. The Balaban J connectivity index is 0.000000520. The molecule has 7 nitrogen and oxygen atoms in total. The van der Waals surface area contributed by atoms with E-state index in [1.54, 1.807) is 0 Å². The van der Waals surface area contributed by atoms with Gasteiger partial charge >= 0.3 is 0 Å². The van der Waals surface area contributed by atoms with E-state index in [4.69, 9.17) is 4.52 Å². The Morgan fingerprint density at radius 1 is 1.15 bits per heavy atom. The lowest BCUT2D eigenvalue weighted by Gasteiger charge is -2.10. The lowest BCUT2D eigenvalue weighted by Crippen LogP contribution is -1.99. The number of fused-ring (bicyclic) bond motifs is 1. The Labute approximate surface area is 122 Å². The predicted octanol–water partition coefficient (Wildman–Crippen LogP) is 1.08. The highest BCUT2D eigenvalue weighted by atomic mass is 31.1. The van der Waals surface area contributed by atoms with Gasteiger partial charge in [0, 0.05) is 0 Å². The molecule has 114 valence electrons. The summed E-state index contributed by atoms with van der Waals surface area (Å²) in [6.07, 6.45) is 0. The number of nitrogens with one attached hydrogen (secondary N) is 3. The number of hydrogen-bond acceptors (Lipinski definition) is 6. The summed E-state index contributed by atoms with van der Waals surface area (Å²) >= 11 is 0. The van der Waals surface area contributed by atoms with Gasteiger partial charge in [-0.25, -0.2) is 0 Å². The summed E-state index contributed by atoms with van der Waals surface area (Å²) in [5.74, 6) is 0.767. The van der Waals surface area contributed by atoms with Crippen molar-refractivity contribution >= 4 is 20.0 Å². The first-order valence-electron chi connectivity index (χ1n) is 6.17. The van der Waals surface area contributed by atoms with Gasteiger partial charge in [0.15, 0.2) is 11.3 Å². The van der Waals surface area contributed by atoms with Crippen LogP contribution in [0.25, 0.3) is 11.0 Å². The monoisotopic (exact) mass is 300 g/mol. The molecule has 0 saturated heterocycles. The van der Waals surface area contributed by atoms with E-state index in [1.807, 2.05) is 65.2 Å². The average Bonchev–Trinajstić information content (AvgIpc) is 2.86. The minimum absolute atomic E-state index is 0.294. The third-order valence-corrected chi connectivity index (χ3v) is 2.33. The van der Waals surface area contributed by atoms with Crippen LogP contribution in [-0.2, 0) is 0 Å². The van der Waals surface area contributed by atoms with Crippen molar-refractivity contribution in [1.82, 2.24) is 30.7 Å². The van der Waals surface area contributed by atoms with Crippen LogP contribution in [0.5, 0.6) is 5.75 Å². The minimum atomic E-state index is 0.294. The Hall–Kier alpha value is -1.27. The molecule has 1 aromatic carbocycles. The highest BCUT2D eigenvalue weighted by molar-refractivity contribution is 7.29. The van der Waals surface area contributed by atoms with Gasteiger partial charge in [-0.1, -0.05) is 11.3 Å². The van der Waals surface area contributed by atoms with Crippen molar-refractivity contribution in [2.24, 2.45) is 0 Å². The largest absolute Gasteiger partial charge is 0.458 e. The molecule has 0 spiro atoms. The van der Waals surface area contributed by atoms with Crippen molar-refractivity contribution in [3.05, 3.63) is 18.2 Å². The molecule has 0 aliphatic heterocycles. The van der Waals surface area contributed by atoms with Gasteiger partial charge in [0.2, 0.25) is 0 Å². The smallest absolute Gasteiger partial charge is 0.155 e. The molecule has 0 bridgehead atoms. The fourth-order valence-electron chi connectivity index (χ4n) is 1.07. The van der Waals surface area contributed by atoms with Gasteiger partial charge in [-0.3, -0.25) is 9.77 Å². The van der Waals surface area contributed by atoms with Crippen LogP contribution in [0.1, 0.15) is 0 Å². The number of aromatic nitrogens is 3. The van der Waals surface area contributed by atoms with Crippen molar-refractivity contribution < 1.29 is 4.52 Å². The zero-order valence-electron chi connectivity index (χ0n) is 13.0. The first-order chi connectivity index (χ1) is 9.60. The average molecular weight is 300 g/mol. The zero-order chi connectivity index (χ0) is 15.4. The molecule has 2 aromatic rings. The Kier molecular flexibility index (Phi) is 10.8. The number of nitrogens with zero attached hydrogens (tertiary/aromatic N) is 3. The first kappa shape index (κ1) is 18.7. The molecule has 0 fully saturated rings. The van der Waals surface area contributed by atoms with Crippen LogP contribution < -0.4 is 15.2 Å². The molecule has 0 radical (unpaired) electrons. The number of aromatic amines is 1. The number of hydrogen-bond donors (Lipinski definition) is 3. The third-order valence-electron chi connectivity index (χ3n) is 1.66. The van der Waals surface area contributed by atoms with E-state index in [0.717, 1.165) is 16.8 Å². The number of H-pyrrole nitrogens is 1. The zero-order valence-corrected chi connectivity index (χ0v) is 14.0. The summed E-state index contributed by atoms with van der Waals surface area (Å²) in [5.41, 5.74) is 1.67. The normalized spacial score (nSPS) is 10.2. The maximum atomic E-state index is 5.57. The second-order valence-electron chi connectivity index (χ2n) is 4.05. The second-order valence-corrected chi connectivity index (χ2v) is 5.33. The number of benzene rings is 1. The van der Waals surface area contributed by atoms with E-state index in [-0.39, 0.29) is 0 Å². The molecule has 1 unspecified atom stereocenters. The Bertz CT molecular complexity index is 460. The third kappa shape index (κ3) is 7.35. The van der Waals surface area contributed by atoms with Crippen molar-refractivity contribution in [3.8, 4) is 5.75 Å². The Morgan fingerprint density at radius 2 is 1.75 bits per heavy atom. The molecule has 1 aromatic heterocycles. The Morgan fingerprint density at radius 3 is 2.30 bits per heavy atom. The standard InChI is InChI=1S/C8H11N4OP.2C2H7N/c1-12(2)14-13-7-5-3-4-6-8(7)10-11-9-6;2*1-3-2/h3-5,14H,1-2H3,(H,9,10,11);2*3H,1-2H3. The van der Waals surface area contributed by atoms with Crippen molar-refractivity contribution in [3.63, 3.8) is 0 Å². The molecule has 8 heteroatoms. The summed E-state index contributed by atoms with van der Waals surface area (Å²) in [6.45, 7) is 0. The van der Waals surface area contributed by atoms with Gasteiger partial charge in [0.25, 0.3) is 0 Å². The molecule has 0 amide bonds. The highest BCUT2D eigenvalue weighted by Crippen LogP contribution is 2.27. The van der Waals surface area contributed by atoms with Crippen LogP contribution in [0.2, 0.25) is 0 Å². The predicted molar refractivity (Wildman–Crippen MR) is 86.5 cm³/mol. The van der Waals surface area contributed by atoms with Crippen LogP contribution in [0, 0.1) is 0 Å². The van der Waals surface area contributed by atoms with Crippen LogP contribution in [0.15, 0.2) is 18.2 Å². The fourth-order valence-corrected chi connectivity index (χ4v) is 1.51. The second kappa shape index (κ2) is 11.5. The first-order valence-corrected chi connectivity index (χ1v) is 7.02. The topological polar surface area (TPSA) is 78.1 Å². The maximum absolute atomic E-state index is 5.57. The van der Waals surface area contributed by atoms with Crippen LogP contribution in [0.4, 0.5) is 0 Å². The van der Waals surface area contributed by atoms with Gasteiger partial charge in [-0.15, -0.1) is 5.10 Å². The van der Waals surface area contributed by atoms with Gasteiger partial charge < -0.3 is 15.2 Å². The molecule has 0 aliphatic rings. The number of rotatable bonds is 3. The van der Waals surface area contributed by atoms with Gasteiger partial charge in [-0.05, 0) is 54.4 Å². The molecule has 20 heavy (non-hydrogen) atoms. The van der Waals surface area contributed by atoms with Crippen molar-refractivity contribution in [2.75, 3.05) is 42.3 Å². The lowest BCUT2D eigenvalue weighted by molar-refractivity contribution is 0.556. The molecule has 2 rings (SSSR count). The van der Waals surface area contributed by atoms with E-state index in [2.05, 4.69) is 26.0 Å². The fraction of sp³-hybridized carbons (Fsp3) is 0.500. The van der Waals surface area contributed by atoms with Crippen molar-refractivity contribution in [2.45, 2.75) is 0 Å². The van der Waals surface area contributed by atoms with Gasteiger partial charge in [0.05, 0.1) is 5.52 Å². The van der Waals surface area contributed by atoms with E-state index < -0.39 is 0 Å². The van der Waals surface area contributed by atoms with Gasteiger partial charge in [-0.2, -0.15) is 0 Å². The SMILES string of the molecule is CN(C)POc1cccc2[nH]nnc12.CNC.CNC. The molecular weight excluding hydrogens is 275 g/mol. The van der Waals surface area contributed by atoms with E-state index >= 15 is 0 Å². The lowest BCUT2D eigenvalue weighted by atomic mass is 10.3. The van der Waals surface area contributed by atoms with E-state index in [0.29, 0.717) is 8.96 Å². The summed E-state index contributed by atoms with van der Waals surface area (Å²) in [6, 6.07) is 5.72. The van der Waals surface area contributed by atoms with Crippen LogP contribution in [0.3, 0.4) is 0 Å². The molecule has 3 N–H and O–H groups in total. The van der Waals surface area contributed by atoms with Crippen LogP contribution >= 0.6 is 8.96 Å². The quantitative estimate of drug-likeness (QED) is 0.736. The highest BCUT2D eigenvalue weighted by Gasteiger charge is 2.05. The van der Waals surface area contributed by atoms with E-state index in [9.17, 15) is 0 Å². The summed E-state index contributed by atoms with van der Waals surface area (Å²) in [4.78, 5) is 0. The summed E-state index contributed by atoms with van der Waals surface area (Å²) in [5, 5.41) is 16.0. The van der Waals surface area contributed by atoms with E-state index in [1.165, 1.54) is 0 Å². The summed E-state index contributed by atoms with van der Waals surface area (Å²) in [7, 11) is 11.7. The summed E-state index contributed by atoms with van der Waals surface area (Å²) < 4.78 is 7.54. The van der Waals surface area contributed by atoms with Gasteiger partial charge in [0.1, 0.15) is 8.96 Å². The molecule has 1 atom stereocenters. The molecule has 0 saturated carbocycles.